The van der Waals surface area contributed by atoms with E-state index in [9.17, 15) is 4.79 Å². The molecule has 2 amide bonds. The lowest BCUT2D eigenvalue weighted by Gasteiger charge is -2.11. The number of amides is 2. The number of nitrogens with one attached hydrogen (secondary N) is 3. The average molecular weight is 397 g/mol. The van der Waals surface area contributed by atoms with E-state index in [0.717, 1.165) is 27.1 Å². The third-order valence-corrected chi connectivity index (χ3v) is 4.00. The number of hydrogen-bond donors (Lipinski definition) is 3. The molecule has 5 nitrogen and oxygen atoms in total. The summed E-state index contributed by atoms with van der Waals surface area (Å²) >= 11 is 3.45. The van der Waals surface area contributed by atoms with Crippen molar-refractivity contribution in [2.24, 2.45) is 0 Å². The highest BCUT2D eigenvalue weighted by molar-refractivity contribution is 9.10. The lowest BCUT2D eigenvalue weighted by Crippen LogP contribution is -2.19. The zero-order valence-electron chi connectivity index (χ0n) is 13.6. The first-order valence-corrected chi connectivity index (χ1v) is 8.52. The van der Waals surface area contributed by atoms with Crippen molar-refractivity contribution >= 4 is 44.8 Å². The molecule has 0 spiro atoms. The minimum Gasteiger partial charge on any atom is -0.354 e. The fourth-order valence-electron chi connectivity index (χ4n) is 2.26. The second-order valence-electron chi connectivity index (χ2n) is 5.46. The smallest absolute Gasteiger partial charge is 0.324 e. The van der Waals surface area contributed by atoms with E-state index in [2.05, 4.69) is 36.9 Å². The predicted molar refractivity (Wildman–Crippen MR) is 105 cm³/mol. The third-order valence-electron chi connectivity index (χ3n) is 3.50. The molecule has 0 radical (unpaired) electrons. The van der Waals surface area contributed by atoms with E-state index < -0.39 is 0 Å². The molecule has 1 aromatic heterocycles. The zero-order chi connectivity index (χ0) is 17.6. The Hall–Kier alpha value is -2.86. The van der Waals surface area contributed by atoms with Gasteiger partial charge in [0.05, 0.1) is 11.9 Å². The molecule has 0 saturated carbocycles. The van der Waals surface area contributed by atoms with Gasteiger partial charge < -0.3 is 10.6 Å². The van der Waals surface area contributed by atoms with Crippen LogP contribution < -0.4 is 16.0 Å². The number of carbonyl (C=O) groups is 1. The summed E-state index contributed by atoms with van der Waals surface area (Å²) in [6.07, 6.45) is 1.68. The van der Waals surface area contributed by atoms with Gasteiger partial charge in [-0.25, -0.2) is 9.78 Å². The van der Waals surface area contributed by atoms with Crippen LogP contribution in [0.5, 0.6) is 0 Å². The summed E-state index contributed by atoms with van der Waals surface area (Å²) in [4.78, 5) is 16.2. The zero-order valence-corrected chi connectivity index (χ0v) is 15.2. The van der Waals surface area contributed by atoms with Gasteiger partial charge in [0.15, 0.2) is 0 Å². The van der Waals surface area contributed by atoms with E-state index in [1.807, 2.05) is 61.5 Å². The molecule has 0 saturated heterocycles. The number of pyridine rings is 1. The maximum atomic E-state index is 12.0. The number of rotatable bonds is 4. The number of benzene rings is 2. The Kier molecular flexibility index (Phi) is 5.30. The fraction of sp³-hybridized carbons (Fsp3) is 0.0526. The van der Waals surface area contributed by atoms with Crippen molar-refractivity contribution in [3.63, 3.8) is 0 Å². The highest BCUT2D eigenvalue weighted by Crippen LogP contribution is 2.23. The summed E-state index contributed by atoms with van der Waals surface area (Å²) in [5.74, 6) is 0.478. The molecule has 0 fully saturated rings. The van der Waals surface area contributed by atoms with Crippen LogP contribution in [0.3, 0.4) is 0 Å². The number of anilines is 4. The minimum atomic E-state index is -0.330. The molecule has 0 aliphatic heterocycles. The molecule has 126 valence electrons. The molecule has 25 heavy (non-hydrogen) atoms. The lowest BCUT2D eigenvalue weighted by atomic mass is 10.2. The maximum Gasteiger partial charge on any atom is 0.324 e. The van der Waals surface area contributed by atoms with Crippen LogP contribution in [0.25, 0.3) is 0 Å². The maximum absolute atomic E-state index is 12.0. The molecule has 6 heteroatoms. The molecule has 0 unspecified atom stereocenters. The van der Waals surface area contributed by atoms with E-state index in [-0.39, 0.29) is 6.03 Å². The number of nitrogens with zero attached hydrogens (tertiary/aromatic N) is 1. The van der Waals surface area contributed by atoms with Gasteiger partial charge in [0.25, 0.3) is 0 Å². The summed E-state index contributed by atoms with van der Waals surface area (Å²) < 4.78 is 1.04. The van der Waals surface area contributed by atoms with E-state index in [4.69, 9.17) is 0 Å². The van der Waals surface area contributed by atoms with E-state index in [1.54, 1.807) is 12.3 Å². The topological polar surface area (TPSA) is 66.0 Å². The van der Waals surface area contributed by atoms with Crippen LogP contribution in [0, 0.1) is 6.92 Å². The van der Waals surface area contributed by atoms with Crippen molar-refractivity contribution in [2.75, 3.05) is 16.0 Å². The number of aromatic nitrogens is 1. The molecule has 3 N–H and O–H groups in total. The molecular formula is C19H17BrN4O. The van der Waals surface area contributed by atoms with Gasteiger partial charge in [-0.1, -0.05) is 34.1 Å². The van der Waals surface area contributed by atoms with Gasteiger partial charge in [0.1, 0.15) is 5.82 Å². The van der Waals surface area contributed by atoms with Gasteiger partial charge in [-0.2, -0.15) is 0 Å². The van der Waals surface area contributed by atoms with Crippen molar-refractivity contribution in [1.82, 2.24) is 4.98 Å². The molecular weight excluding hydrogens is 380 g/mol. The minimum absolute atomic E-state index is 0.330. The number of urea groups is 1. The molecule has 3 rings (SSSR count). The first kappa shape index (κ1) is 17.0. The van der Waals surface area contributed by atoms with Gasteiger partial charge in [-0.15, -0.1) is 0 Å². The molecule has 2 aromatic carbocycles. The Bertz CT molecular complexity index is 866. The van der Waals surface area contributed by atoms with Crippen LogP contribution in [0.2, 0.25) is 0 Å². The van der Waals surface area contributed by atoms with E-state index in [1.165, 1.54) is 0 Å². The van der Waals surface area contributed by atoms with Crippen molar-refractivity contribution in [3.05, 3.63) is 76.9 Å². The number of carbonyl (C=O) groups excluding carboxylic acids is 1. The Morgan fingerprint density at radius 3 is 2.44 bits per heavy atom. The predicted octanol–water partition coefficient (Wildman–Crippen LogP) is 5.54. The highest BCUT2D eigenvalue weighted by Gasteiger charge is 2.04. The molecule has 3 aromatic rings. The normalized spacial score (nSPS) is 10.2. The number of hydrogen-bond acceptors (Lipinski definition) is 3. The standard InChI is InChI=1S/C19H17BrN4O/c1-13-11-14(20)7-9-17(13)22-16-8-10-18(21-12-16)24-19(25)23-15-5-3-2-4-6-15/h2-12,22H,1H3,(H2,21,23,24,25). The summed E-state index contributed by atoms with van der Waals surface area (Å²) in [6, 6.07) is 18.6. The molecule has 0 bridgehead atoms. The third kappa shape index (κ3) is 4.81. The first-order chi connectivity index (χ1) is 12.1. The largest absolute Gasteiger partial charge is 0.354 e. The molecule has 0 aliphatic rings. The summed E-state index contributed by atoms with van der Waals surface area (Å²) in [5.41, 5.74) is 3.70. The summed E-state index contributed by atoms with van der Waals surface area (Å²) in [6.45, 7) is 2.03. The van der Waals surface area contributed by atoms with E-state index in [0.29, 0.717) is 5.82 Å². The van der Waals surface area contributed by atoms with Gasteiger partial charge in [-0.3, -0.25) is 5.32 Å². The van der Waals surface area contributed by atoms with Gasteiger partial charge in [0.2, 0.25) is 0 Å². The quantitative estimate of drug-likeness (QED) is 0.542. The summed E-state index contributed by atoms with van der Waals surface area (Å²) in [7, 11) is 0. The molecule has 1 heterocycles. The van der Waals surface area contributed by atoms with Crippen molar-refractivity contribution in [2.45, 2.75) is 6.92 Å². The fourth-order valence-corrected chi connectivity index (χ4v) is 2.74. The molecule has 0 aliphatic carbocycles. The Labute approximate surface area is 154 Å². The van der Waals surface area contributed by atoms with Crippen LogP contribution >= 0.6 is 15.9 Å². The van der Waals surface area contributed by atoms with Crippen LogP contribution in [-0.2, 0) is 0 Å². The Morgan fingerprint density at radius 1 is 0.960 bits per heavy atom. The van der Waals surface area contributed by atoms with Gasteiger partial charge in [0, 0.05) is 15.8 Å². The van der Waals surface area contributed by atoms with Gasteiger partial charge >= 0.3 is 6.03 Å². The monoisotopic (exact) mass is 396 g/mol. The van der Waals surface area contributed by atoms with Crippen LogP contribution in [0.15, 0.2) is 71.3 Å². The second kappa shape index (κ2) is 7.81. The van der Waals surface area contributed by atoms with Crippen LogP contribution in [0.1, 0.15) is 5.56 Å². The van der Waals surface area contributed by atoms with E-state index >= 15 is 0 Å². The van der Waals surface area contributed by atoms with Gasteiger partial charge in [-0.05, 0) is 55.0 Å². The first-order valence-electron chi connectivity index (χ1n) is 7.72. The highest BCUT2D eigenvalue weighted by atomic mass is 79.9. The van der Waals surface area contributed by atoms with Crippen molar-refractivity contribution in [1.29, 1.82) is 0 Å². The second-order valence-corrected chi connectivity index (χ2v) is 6.38. The van der Waals surface area contributed by atoms with Crippen molar-refractivity contribution < 1.29 is 4.79 Å². The molecule has 0 atom stereocenters. The lowest BCUT2D eigenvalue weighted by molar-refractivity contribution is 0.262. The number of para-hydroxylation sites is 1. The number of halogens is 1. The number of aryl methyl sites for hydroxylation is 1. The van der Waals surface area contributed by atoms with Crippen LogP contribution in [0.4, 0.5) is 27.7 Å². The van der Waals surface area contributed by atoms with Crippen LogP contribution in [-0.4, -0.2) is 11.0 Å². The van der Waals surface area contributed by atoms with Crippen molar-refractivity contribution in [3.8, 4) is 0 Å². The SMILES string of the molecule is Cc1cc(Br)ccc1Nc1ccc(NC(=O)Nc2ccccc2)nc1. The average Bonchev–Trinajstić information content (AvgIpc) is 2.60. The Morgan fingerprint density at radius 2 is 1.76 bits per heavy atom. The Balaban J connectivity index is 1.61. The summed E-state index contributed by atoms with van der Waals surface area (Å²) in [5, 5.41) is 8.76.